The molecule has 0 radical (unpaired) electrons. The van der Waals surface area contributed by atoms with Crippen LogP contribution in [-0.2, 0) is 0 Å². The lowest BCUT2D eigenvalue weighted by Gasteiger charge is -2.36. The quantitative estimate of drug-likeness (QED) is 0.720. The average Bonchev–Trinajstić information content (AvgIpc) is 2.20. The molecule has 0 heterocycles. The van der Waals surface area contributed by atoms with Crippen molar-refractivity contribution < 1.29 is 0 Å². The zero-order valence-electron chi connectivity index (χ0n) is 12.4. The molecule has 0 aliphatic carbocycles. The Morgan fingerprint density at radius 3 is 2.19 bits per heavy atom. The molecule has 0 aliphatic rings. The van der Waals surface area contributed by atoms with Crippen LogP contribution in [0.3, 0.4) is 0 Å². The summed E-state index contributed by atoms with van der Waals surface area (Å²) in [6.07, 6.45) is 2.45. The van der Waals surface area contributed by atoms with E-state index in [1.54, 1.807) is 0 Å². The van der Waals surface area contributed by atoms with Crippen LogP contribution in [0.15, 0.2) is 0 Å². The van der Waals surface area contributed by atoms with Gasteiger partial charge >= 0.3 is 0 Å². The Kier molecular flexibility index (Phi) is 7.25. The Hall–Kier alpha value is -0.0800. The van der Waals surface area contributed by atoms with E-state index in [0.29, 0.717) is 17.5 Å². The van der Waals surface area contributed by atoms with Crippen molar-refractivity contribution in [1.82, 2.24) is 10.2 Å². The highest BCUT2D eigenvalue weighted by Gasteiger charge is 2.23. The Morgan fingerprint density at radius 1 is 1.19 bits per heavy atom. The maximum absolute atomic E-state index is 3.54. The monoisotopic (exact) mass is 228 g/mol. The molecule has 2 atom stereocenters. The highest BCUT2D eigenvalue weighted by Crippen LogP contribution is 2.22. The molecule has 98 valence electrons. The first-order chi connectivity index (χ1) is 7.29. The fourth-order valence-corrected chi connectivity index (χ4v) is 1.74. The SMILES string of the molecule is CCCNC(C)CCN(C)C(C)C(C)(C)C. The largest absolute Gasteiger partial charge is 0.314 e. The summed E-state index contributed by atoms with van der Waals surface area (Å²) >= 11 is 0. The van der Waals surface area contributed by atoms with Crippen molar-refractivity contribution in [1.29, 1.82) is 0 Å². The predicted molar refractivity (Wildman–Crippen MR) is 73.9 cm³/mol. The molecule has 0 rings (SSSR count). The van der Waals surface area contributed by atoms with Crippen molar-refractivity contribution in [2.45, 2.75) is 66.5 Å². The number of hydrogen-bond donors (Lipinski definition) is 1. The van der Waals surface area contributed by atoms with E-state index >= 15 is 0 Å². The van der Waals surface area contributed by atoms with E-state index in [4.69, 9.17) is 0 Å². The minimum absolute atomic E-state index is 0.370. The molecular weight excluding hydrogens is 196 g/mol. The molecule has 16 heavy (non-hydrogen) atoms. The molecule has 2 nitrogen and oxygen atoms in total. The normalized spacial score (nSPS) is 16.5. The van der Waals surface area contributed by atoms with Crippen LogP contribution in [0, 0.1) is 5.41 Å². The number of nitrogens with zero attached hydrogens (tertiary/aromatic N) is 1. The summed E-state index contributed by atoms with van der Waals surface area (Å²) < 4.78 is 0. The van der Waals surface area contributed by atoms with E-state index in [1.807, 2.05) is 0 Å². The van der Waals surface area contributed by atoms with Gasteiger partial charge in [0.15, 0.2) is 0 Å². The van der Waals surface area contributed by atoms with Crippen LogP contribution >= 0.6 is 0 Å². The number of hydrogen-bond acceptors (Lipinski definition) is 2. The van der Waals surface area contributed by atoms with Crippen LogP contribution in [-0.4, -0.2) is 37.1 Å². The predicted octanol–water partition coefficient (Wildman–Crippen LogP) is 3.13. The molecule has 0 amide bonds. The Labute approximate surface area is 103 Å². The van der Waals surface area contributed by atoms with Crippen LogP contribution < -0.4 is 5.32 Å². The van der Waals surface area contributed by atoms with E-state index in [1.165, 1.54) is 19.4 Å². The van der Waals surface area contributed by atoms with Gasteiger partial charge < -0.3 is 10.2 Å². The topological polar surface area (TPSA) is 15.3 Å². The molecule has 0 aromatic carbocycles. The van der Waals surface area contributed by atoms with Crippen LogP contribution in [0.4, 0.5) is 0 Å². The maximum atomic E-state index is 3.54. The highest BCUT2D eigenvalue weighted by atomic mass is 15.1. The third kappa shape index (κ3) is 6.49. The molecule has 0 aromatic heterocycles. The van der Waals surface area contributed by atoms with E-state index in [0.717, 1.165) is 6.54 Å². The molecule has 0 saturated heterocycles. The molecule has 0 aromatic rings. The maximum Gasteiger partial charge on any atom is 0.0112 e. The molecule has 0 fully saturated rings. The summed E-state index contributed by atoms with van der Waals surface area (Å²) in [7, 11) is 2.24. The van der Waals surface area contributed by atoms with Crippen molar-refractivity contribution in [3.63, 3.8) is 0 Å². The molecule has 0 bridgehead atoms. The van der Waals surface area contributed by atoms with Gasteiger partial charge in [-0.05, 0) is 52.2 Å². The fourth-order valence-electron chi connectivity index (χ4n) is 1.74. The van der Waals surface area contributed by atoms with Gasteiger partial charge in [-0.1, -0.05) is 27.7 Å². The van der Waals surface area contributed by atoms with Crippen LogP contribution in [0.1, 0.15) is 54.4 Å². The lowest BCUT2D eigenvalue weighted by atomic mass is 9.87. The molecule has 2 heteroatoms. The molecule has 1 N–H and O–H groups in total. The number of nitrogens with one attached hydrogen (secondary N) is 1. The zero-order chi connectivity index (χ0) is 12.8. The molecule has 0 aliphatic heterocycles. The lowest BCUT2D eigenvalue weighted by Crippen LogP contribution is -2.41. The first-order valence-corrected chi connectivity index (χ1v) is 6.72. The Bertz CT molecular complexity index is 172. The minimum Gasteiger partial charge on any atom is -0.314 e. The van der Waals surface area contributed by atoms with E-state index in [2.05, 4.69) is 58.8 Å². The summed E-state index contributed by atoms with van der Waals surface area (Å²) in [5.41, 5.74) is 0.370. The smallest absolute Gasteiger partial charge is 0.0112 e. The van der Waals surface area contributed by atoms with Crippen LogP contribution in [0.2, 0.25) is 0 Å². The van der Waals surface area contributed by atoms with Crippen molar-refractivity contribution in [2.75, 3.05) is 20.1 Å². The third-order valence-corrected chi connectivity index (χ3v) is 3.57. The first kappa shape index (κ1) is 15.9. The molecule has 2 unspecified atom stereocenters. The van der Waals surface area contributed by atoms with E-state index in [9.17, 15) is 0 Å². The second kappa shape index (κ2) is 7.29. The highest BCUT2D eigenvalue weighted by molar-refractivity contribution is 4.78. The van der Waals surface area contributed by atoms with Gasteiger partial charge in [-0.25, -0.2) is 0 Å². The molecule has 0 spiro atoms. The second-order valence-corrected chi connectivity index (χ2v) is 6.17. The molecular formula is C14H32N2. The first-order valence-electron chi connectivity index (χ1n) is 6.72. The van der Waals surface area contributed by atoms with E-state index < -0.39 is 0 Å². The summed E-state index contributed by atoms with van der Waals surface area (Å²) in [4.78, 5) is 2.48. The Morgan fingerprint density at radius 2 is 1.75 bits per heavy atom. The minimum atomic E-state index is 0.370. The van der Waals surface area contributed by atoms with Crippen molar-refractivity contribution in [3.05, 3.63) is 0 Å². The molecule has 0 saturated carbocycles. The van der Waals surface area contributed by atoms with Gasteiger partial charge in [0.25, 0.3) is 0 Å². The summed E-state index contributed by atoms with van der Waals surface area (Å²) in [5, 5.41) is 3.54. The summed E-state index contributed by atoms with van der Waals surface area (Å²) in [6, 6.07) is 1.26. The van der Waals surface area contributed by atoms with Gasteiger partial charge in [0.1, 0.15) is 0 Å². The van der Waals surface area contributed by atoms with Crippen LogP contribution in [0.5, 0.6) is 0 Å². The van der Waals surface area contributed by atoms with Crippen molar-refractivity contribution >= 4 is 0 Å². The standard InChI is InChI=1S/C14H32N2/c1-8-10-15-12(2)9-11-16(7)13(3)14(4,5)6/h12-13,15H,8-11H2,1-7H3. The zero-order valence-corrected chi connectivity index (χ0v) is 12.4. The van der Waals surface area contributed by atoms with Crippen molar-refractivity contribution in [2.24, 2.45) is 5.41 Å². The lowest BCUT2D eigenvalue weighted by molar-refractivity contribution is 0.136. The number of rotatable bonds is 7. The average molecular weight is 228 g/mol. The van der Waals surface area contributed by atoms with Gasteiger partial charge in [-0.2, -0.15) is 0 Å². The van der Waals surface area contributed by atoms with Gasteiger partial charge in [-0.3, -0.25) is 0 Å². The van der Waals surface area contributed by atoms with Gasteiger partial charge in [0.2, 0.25) is 0 Å². The van der Waals surface area contributed by atoms with Crippen LogP contribution in [0.25, 0.3) is 0 Å². The van der Waals surface area contributed by atoms with Gasteiger partial charge in [-0.15, -0.1) is 0 Å². The second-order valence-electron chi connectivity index (χ2n) is 6.17. The van der Waals surface area contributed by atoms with Gasteiger partial charge in [0.05, 0.1) is 0 Å². The summed E-state index contributed by atoms with van der Waals surface area (Å²) in [5.74, 6) is 0. The fraction of sp³-hybridized carbons (Fsp3) is 1.00. The third-order valence-electron chi connectivity index (χ3n) is 3.57. The Balaban J connectivity index is 3.84. The van der Waals surface area contributed by atoms with Gasteiger partial charge in [0, 0.05) is 12.1 Å². The van der Waals surface area contributed by atoms with Crippen molar-refractivity contribution in [3.8, 4) is 0 Å². The summed E-state index contributed by atoms with van der Waals surface area (Å²) in [6.45, 7) is 16.1. The van der Waals surface area contributed by atoms with E-state index in [-0.39, 0.29) is 0 Å².